The van der Waals surface area contributed by atoms with Crippen molar-refractivity contribution in [3.05, 3.63) is 28.8 Å². The summed E-state index contributed by atoms with van der Waals surface area (Å²) in [5.74, 6) is -0.904. The number of hydrogen-bond acceptors (Lipinski definition) is 5. The molecule has 0 aliphatic heterocycles. The number of hydrogen-bond donors (Lipinski definition) is 3. The zero-order chi connectivity index (χ0) is 13.0. The Morgan fingerprint density at radius 3 is 2.76 bits per heavy atom. The molecule has 2 unspecified atom stereocenters. The molecule has 2 atom stereocenters. The second kappa shape index (κ2) is 5.86. The minimum atomic E-state index is -1.69. The van der Waals surface area contributed by atoms with Gasteiger partial charge in [-0.1, -0.05) is 11.6 Å². The van der Waals surface area contributed by atoms with Gasteiger partial charge in [-0.2, -0.15) is 0 Å². The summed E-state index contributed by atoms with van der Waals surface area (Å²) < 4.78 is 4.59. The quantitative estimate of drug-likeness (QED) is 0.551. The van der Waals surface area contributed by atoms with Crippen molar-refractivity contribution in [3.63, 3.8) is 0 Å². The number of anilines is 1. The van der Waals surface area contributed by atoms with E-state index in [-0.39, 0.29) is 17.2 Å². The number of aliphatic hydroxyl groups excluding tert-OH is 2. The fourth-order valence-electron chi connectivity index (χ4n) is 1.32. The van der Waals surface area contributed by atoms with Crippen molar-refractivity contribution in [2.45, 2.75) is 19.1 Å². The van der Waals surface area contributed by atoms with Crippen LogP contribution in [0.4, 0.5) is 5.69 Å². The normalized spacial score (nSPS) is 14.1. The Morgan fingerprint density at radius 2 is 2.18 bits per heavy atom. The average Bonchev–Trinajstić information content (AvgIpc) is 2.30. The Morgan fingerprint density at radius 1 is 1.53 bits per heavy atom. The van der Waals surface area contributed by atoms with Gasteiger partial charge >= 0.3 is 5.97 Å². The van der Waals surface area contributed by atoms with Crippen LogP contribution < -0.4 is 5.73 Å². The Balaban J connectivity index is 2.91. The van der Waals surface area contributed by atoms with E-state index < -0.39 is 18.2 Å². The number of benzene rings is 1. The van der Waals surface area contributed by atoms with E-state index >= 15 is 0 Å². The molecule has 1 aromatic rings. The number of carbonyl (C=O) groups is 1. The molecule has 17 heavy (non-hydrogen) atoms. The number of halogens is 1. The lowest BCUT2D eigenvalue weighted by atomic mass is 10.0. The van der Waals surface area contributed by atoms with E-state index in [1.54, 1.807) is 13.0 Å². The van der Waals surface area contributed by atoms with E-state index in [0.29, 0.717) is 5.69 Å². The summed E-state index contributed by atoms with van der Waals surface area (Å²) >= 11 is 5.84. The van der Waals surface area contributed by atoms with Crippen molar-refractivity contribution in [2.75, 3.05) is 12.3 Å². The summed E-state index contributed by atoms with van der Waals surface area (Å²) in [7, 11) is 0. The third-order valence-electron chi connectivity index (χ3n) is 2.17. The SMILES string of the molecule is CCOC(=O)C(O)C(O)c1cc(N)ccc1Cl. The largest absolute Gasteiger partial charge is 0.464 e. The molecule has 0 fully saturated rings. The maximum atomic E-state index is 11.2. The summed E-state index contributed by atoms with van der Waals surface area (Å²) in [5, 5.41) is 19.6. The highest BCUT2D eigenvalue weighted by Gasteiger charge is 2.28. The zero-order valence-electron chi connectivity index (χ0n) is 9.26. The van der Waals surface area contributed by atoms with Gasteiger partial charge in [0.15, 0.2) is 6.10 Å². The fourth-order valence-corrected chi connectivity index (χ4v) is 1.54. The second-order valence-corrected chi connectivity index (χ2v) is 3.83. The Hall–Kier alpha value is -1.30. The molecule has 0 aliphatic rings. The van der Waals surface area contributed by atoms with Gasteiger partial charge < -0.3 is 20.7 Å². The molecule has 0 saturated heterocycles. The van der Waals surface area contributed by atoms with Gasteiger partial charge in [0, 0.05) is 16.3 Å². The van der Waals surface area contributed by atoms with Crippen LogP contribution in [0.15, 0.2) is 18.2 Å². The van der Waals surface area contributed by atoms with Gasteiger partial charge in [0.2, 0.25) is 0 Å². The van der Waals surface area contributed by atoms with E-state index in [1.807, 2.05) is 0 Å². The van der Waals surface area contributed by atoms with Crippen LogP contribution in [-0.2, 0) is 9.53 Å². The number of ether oxygens (including phenoxy) is 1. The smallest absolute Gasteiger partial charge is 0.338 e. The standard InChI is InChI=1S/C11H14ClNO4/c1-2-17-11(16)10(15)9(14)7-5-6(13)3-4-8(7)12/h3-5,9-10,14-15H,2,13H2,1H3. The molecule has 1 rings (SSSR count). The first-order valence-corrected chi connectivity index (χ1v) is 5.42. The highest BCUT2D eigenvalue weighted by molar-refractivity contribution is 6.31. The third kappa shape index (κ3) is 3.33. The molecule has 1 aromatic carbocycles. The summed E-state index contributed by atoms with van der Waals surface area (Å²) in [5.41, 5.74) is 6.09. The molecule has 4 N–H and O–H groups in total. The van der Waals surface area contributed by atoms with Crippen LogP contribution in [-0.4, -0.2) is 28.9 Å². The van der Waals surface area contributed by atoms with E-state index in [9.17, 15) is 15.0 Å². The minimum Gasteiger partial charge on any atom is -0.464 e. The van der Waals surface area contributed by atoms with Crippen molar-refractivity contribution in [1.29, 1.82) is 0 Å². The summed E-state index contributed by atoms with van der Waals surface area (Å²) in [6, 6.07) is 4.43. The highest BCUT2D eigenvalue weighted by Crippen LogP contribution is 2.27. The predicted molar refractivity (Wildman–Crippen MR) is 63.5 cm³/mol. The lowest BCUT2D eigenvalue weighted by Gasteiger charge is -2.18. The molecule has 0 heterocycles. The van der Waals surface area contributed by atoms with Crippen molar-refractivity contribution in [1.82, 2.24) is 0 Å². The van der Waals surface area contributed by atoms with Gasteiger partial charge in [0.25, 0.3) is 0 Å². The van der Waals surface area contributed by atoms with Crippen LogP contribution in [0.25, 0.3) is 0 Å². The maximum absolute atomic E-state index is 11.2. The van der Waals surface area contributed by atoms with E-state index in [4.69, 9.17) is 17.3 Å². The molecule has 0 bridgehead atoms. The van der Waals surface area contributed by atoms with Crippen molar-refractivity contribution in [3.8, 4) is 0 Å². The average molecular weight is 260 g/mol. The second-order valence-electron chi connectivity index (χ2n) is 3.42. The number of nitrogen functional groups attached to an aromatic ring is 1. The molecule has 0 saturated carbocycles. The van der Waals surface area contributed by atoms with Crippen molar-refractivity contribution in [2.24, 2.45) is 0 Å². The third-order valence-corrected chi connectivity index (χ3v) is 2.51. The van der Waals surface area contributed by atoms with Crippen LogP contribution in [0.1, 0.15) is 18.6 Å². The topological polar surface area (TPSA) is 92.8 Å². The molecule has 0 spiro atoms. The summed E-state index contributed by atoms with van der Waals surface area (Å²) in [6.07, 6.45) is -3.15. The first-order chi connectivity index (χ1) is 7.97. The highest BCUT2D eigenvalue weighted by atomic mass is 35.5. The van der Waals surface area contributed by atoms with Crippen molar-refractivity contribution < 1.29 is 19.7 Å². The number of nitrogens with two attached hydrogens (primary N) is 1. The van der Waals surface area contributed by atoms with Gasteiger partial charge in [-0.3, -0.25) is 0 Å². The Bertz CT molecular complexity index is 410. The number of aliphatic hydroxyl groups is 2. The molecular formula is C11H14ClNO4. The van der Waals surface area contributed by atoms with Gasteiger partial charge in [-0.05, 0) is 25.1 Å². The monoisotopic (exact) mass is 259 g/mol. The van der Waals surface area contributed by atoms with Crippen LogP contribution in [0, 0.1) is 0 Å². The van der Waals surface area contributed by atoms with Crippen LogP contribution in [0.3, 0.4) is 0 Å². The van der Waals surface area contributed by atoms with Crippen molar-refractivity contribution >= 4 is 23.3 Å². The number of carbonyl (C=O) groups excluding carboxylic acids is 1. The summed E-state index contributed by atoms with van der Waals surface area (Å²) in [4.78, 5) is 11.2. The molecule has 5 nitrogen and oxygen atoms in total. The Kier molecular flexibility index (Phi) is 4.74. The van der Waals surface area contributed by atoms with Crippen LogP contribution in [0.2, 0.25) is 5.02 Å². The molecule has 0 amide bonds. The van der Waals surface area contributed by atoms with Crippen LogP contribution in [0.5, 0.6) is 0 Å². The maximum Gasteiger partial charge on any atom is 0.338 e. The van der Waals surface area contributed by atoms with E-state index in [2.05, 4.69) is 4.74 Å². The first-order valence-electron chi connectivity index (χ1n) is 5.05. The number of esters is 1. The summed E-state index contributed by atoms with van der Waals surface area (Å²) in [6.45, 7) is 1.72. The lowest BCUT2D eigenvalue weighted by Crippen LogP contribution is -2.30. The van der Waals surface area contributed by atoms with E-state index in [0.717, 1.165) is 0 Å². The minimum absolute atomic E-state index is 0.118. The molecular weight excluding hydrogens is 246 g/mol. The Labute approximate surface area is 104 Å². The van der Waals surface area contributed by atoms with Crippen LogP contribution >= 0.6 is 11.6 Å². The first kappa shape index (κ1) is 13.8. The van der Waals surface area contributed by atoms with Gasteiger partial charge in [-0.25, -0.2) is 4.79 Å². The fraction of sp³-hybridized carbons (Fsp3) is 0.364. The zero-order valence-corrected chi connectivity index (χ0v) is 10.0. The molecule has 0 radical (unpaired) electrons. The van der Waals surface area contributed by atoms with E-state index in [1.165, 1.54) is 12.1 Å². The van der Waals surface area contributed by atoms with Gasteiger partial charge in [0.1, 0.15) is 6.10 Å². The van der Waals surface area contributed by atoms with Gasteiger partial charge in [0.05, 0.1) is 6.61 Å². The predicted octanol–water partition coefficient (Wildman–Crippen LogP) is 0.880. The molecule has 0 aliphatic carbocycles. The molecule has 94 valence electrons. The molecule has 6 heteroatoms. The number of rotatable bonds is 4. The van der Waals surface area contributed by atoms with Gasteiger partial charge in [-0.15, -0.1) is 0 Å². The molecule has 0 aromatic heterocycles. The lowest BCUT2D eigenvalue weighted by molar-refractivity contribution is -0.159.